The van der Waals surface area contributed by atoms with E-state index in [1.54, 1.807) is 7.05 Å². The molecule has 21 heavy (non-hydrogen) atoms. The summed E-state index contributed by atoms with van der Waals surface area (Å²) < 4.78 is 10.8. The molecule has 1 aromatic heterocycles. The van der Waals surface area contributed by atoms with Gasteiger partial charge in [-0.1, -0.05) is 24.3 Å². The summed E-state index contributed by atoms with van der Waals surface area (Å²) in [5.41, 5.74) is 1.72. The molecule has 112 valence electrons. The zero-order valence-electron chi connectivity index (χ0n) is 12.6. The van der Waals surface area contributed by atoms with Crippen LogP contribution >= 0.6 is 0 Å². The van der Waals surface area contributed by atoms with Gasteiger partial charge in [-0.2, -0.15) is 0 Å². The second-order valence-corrected chi connectivity index (χ2v) is 4.67. The van der Waals surface area contributed by atoms with Crippen molar-refractivity contribution in [2.24, 2.45) is 0 Å². The van der Waals surface area contributed by atoms with E-state index in [2.05, 4.69) is 0 Å². The molecule has 1 amide bonds. The minimum atomic E-state index is -0.692. The van der Waals surface area contributed by atoms with Crippen molar-refractivity contribution in [2.45, 2.75) is 13.0 Å². The quantitative estimate of drug-likeness (QED) is 0.794. The molecule has 0 spiro atoms. The van der Waals surface area contributed by atoms with E-state index in [-0.39, 0.29) is 5.91 Å². The van der Waals surface area contributed by atoms with Gasteiger partial charge in [0.15, 0.2) is 6.10 Å². The summed E-state index contributed by atoms with van der Waals surface area (Å²) in [6.45, 7) is 1.90. The lowest BCUT2D eigenvalue weighted by Gasteiger charge is -2.21. The molecule has 5 heteroatoms. The van der Waals surface area contributed by atoms with E-state index in [1.165, 1.54) is 14.2 Å². The number of hydrogen-bond donors (Lipinski definition) is 0. The van der Waals surface area contributed by atoms with Crippen molar-refractivity contribution in [3.05, 3.63) is 47.7 Å². The summed E-state index contributed by atoms with van der Waals surface area (Å²) in [4.78, 5) is 17.0. The second-order valence-electron chi connectivity index (χ2n) is 4.67. The fourth-order valence-electron chi connectivity index (χ4n) is 2.05. The van der Waals surface area contributed by atoms with E-state index in [1.807, 2.05) is 43.3 Å². The summed E-state index contributed by atoms with van der Waals surface area (Å²) >= 11 is 0. The molecule has 2 aromatic rings. The fraction of sp³-hybridized carbons (Fsp3) is 0.312. The Morgan fingerprint density at radius 1 is 1.14 bits per heavy atom. The van der Waals surface area contributed by atoms with Gasteiger partial charge in [-0.25, -0.2) is 5.06 Å². The van der Waals surface area contributed by atoms with E-state index in [9.17, 15) is 4.79 Å². The third kappa shape index (κ3) is 3.32. The molecule has 0 bridgehead atoms. The number of ether oxygens (including phenoxy) is 1. The predicted octanol–water partition coefficient (Wildman–Crippen LogP) is 2.96. The van der Waals surface area contributed by atoms with Crippen LogP contribution in [0, 0.1) is 6.92 Å². The highest BCUT2D eigenvalue weighted by molar-refractivity contribution is 5.81. The Balaban J connectivity index is 2.22. The van der Waals surface area contributed by atoms with Crippen molar-refractivity contribution in [3.63, 3.8) is 0 Å². The van der Waals surface area contributed by atoms with Crippen molar-refractivity contribution in [3.8, 4) is 11.3 Å². The van der Waals surface area contributed by atoms with E-state index < -0.39 is 6.10 Å². The van der Waals surface area contributed by atoms with Gasteiger partial charge < -0.3 is 9.15 Å². The van der Waals surface area contributed by atoms with Crippen LogP contribution in [-0.4, -0.2) is 32.2 Å². The topological polar surface area (TPSA) is 51.9 Å². The van der Waals surface area contributed by atoms with Gasteiger partial charge in [0.05, 0.1) is 7.11 Å². The largest absolute Gasteiger partial charge is 0.461 e. The van der Waals surface area contributed by atoms with Gasteiger partial charge in [0, 0.05) is 19.7 Å². The van der Waals surface area contributed by atoms with Crippen LogP contribution in [0.4, 0.5) is 0 Å². The maximum Gasteiger partial charge on any atom is 0.279 e. The highest BCUT2D eigenvalue weighted by atomic mass is 16.7. The number of amides is 1. The second kappa shape index (κ2) is 6.56. The maximum absolute atomic E-state index is 12.1. The minimum absolute atomic E-state index is 0.262. The molecule has 1 unspecified atom stereocenters. The van der Waals surface area contributed by atoms with Gasteiger partial charge >= 0.3 is 0 Å². The van der Waals surface area contributed by atoms with Crippen molar-refractivity contribution in [1.29, 1.82) is 0 Å². The smallest absolute Gasteiger partial charge is 0.279 e. The first-order valence-electron chi connectivity index (χ1n) is 6.58. The van der Waals surface area contributed by atoms with Crippen LogP contribution in [0.2, 0.25) is 0 Å². The van der Waals surface area contributed by atoms with Crippen molar-refractivity contribution >= 4 is 5.91 Å². The lowest BCUT2D eigenvalue weighted by molar-refractivity contribution is -0.179. The molecular weight excluding hydrogens is 270 g/mol. The van der Waals surface area contributed by atoms with Crippen LogP contribution in [0.5, 0.6) is 0 Å². The van der Waals surface area contributed by atoms with Gasteiger partial charge in [0.1, 0.15) is 11.5 Å². The average Bonchev–Trinajstić information content (AvgIpc) is 2.94. The van der Waals surface area contributed by atoms with Crippen LogP contribution in [0.25, 0.3) is 11.3 Å². The SMILES string of the molecule is COC(C(=O)N(C)OC)c1ccc(-c2ccc(C)o2)cc1. The number of hydrogen-bond acceptors (Lipinski definition) is 4. The van der Waals surface area contributed by atoms with Gasteiger partial charge in [-0.15, -0.1) is 0 Å². The molecule has 0 aliphatic carbocycles. The number of nitrogens with zero attached hydrogens (tertiary/aromatic N) is 1. The van der Waals surface area contributed by atoms with Crippen molar-refractivity contribution < 1.29 is 18.8 Å². The maximum atomic E-state index is 12.1. The molecule has 0 radical (unpaired) electrons. The van der Waals surface area contributed by atoms with E-state index >= 15 is 0 Å². The molecule has 5 nitrogen and oxygen atoms in total. The first-order valence-corrected chi connectivity index (χ1v) is 6.58. The van der Waals surface area contributed by atoms with Crippen LogP contribution < -0.4 is 0 Å². The lowest BCUT2D eigenvalue weighted by Crippen LogP contribution is -2.31. The lowest BCUT2D eigenvalue weighted by atomic mass is 10.1. The van der Waals surface area contributed by atoms with Gasteiger partial charge in [0.25, 0.3) is 5.91 Å². The molecule has 1 atom stereocenters. The number of aryl methyl sites for hydroxylation is 1. The Kier molecular flexibility index (Phi) is 4.77. The zero-order valence-corrected chi connectivity index (χ0v) is 12.6. The van der Waals surface area contributed by atoms with Crippen LogP contribution in [-0.2, 0) is 14.4 Å². The summed E-state index contributed by atoms with van der Waals surface area (Å²) in [5, 5.41) is 1.15. The van der Waals surface area contributed by atoms with Crippen LogP contribution in [0.3, 0.4) is 0 Å². The molecule has 1 aromatic carbocycles. The number of rotatable bonds is 5. The molecule has 0 aliphatic rings. The normalized spacial score (nSPS) is 12.2. The van der Waals surface area contributed by atoms with Gasteiger partial charge in [-0.05, 0) is 24.6 Å². The number of carbonyl (C=O) groups is 1. The van der Waals surface area contributed by atoms with Crippen LogP contribution in [0.15, 0.2) is 40.8 Å². The fourth-order valence-corrected chi connectivity index (χ4v) is 2.05. The Morgan fingerprint density at radius 3 is 2.29 bits per heavy atom. The van der Waals surface area contributed by atoms with Crippen molar-refractivity contribution in [1.82, 2.24) is 5.06 Å². The van der Waals surface area contributed by atoms with E-state index in [0.29, 0.717) is 0 Å². The van der Waals surface area contributed by atoms with E-state index in [0.717, 1.165) is 27.7 Å². The Morgan fingerprint density at radius 2 is 1.81 bits per heavy atom. The van der Waals surface area contributed by atoms with Gasteiger partial charge in [0.2, 0.25) is 0 Å². The highest BCUT2D eigenvalue weighted by Gasteiger charge is 2.23. The first-order chi connectivity index (χ1) is 10.1. The predicted molar refractivity (Wildman–Crippen MR) is 78.4 cm³/mol. The van der Waals surface area contributed by atoms with Crippen LogP contribution in [0.1, 0.15) is 17.4 Å². The minimum Gasteiger partial charge on any atom is -0.461 e. The highest BCUT2D eigenvalue weighted by Crippen LogP contribution is 2.25. The third-order valence-corrected chi connectivity index (χ3v) is 3.28. The van der Waals surface area contributed by atoms with Crippen molar-refractivity contribution in [2.75, 3.05) is 21.3 Å². The summed E-state index contributed by atoms with van der Waals surface area (Å²) in [5.74, 6) is 1.40. The molecule has 0 N–H and O–H groups in total. The number of benzene rings is 1. The number of methoxy groups -OCH3 is 1. The number of furan rings is 1. The van der Waals surface area contributed by atoms with Gasteiger partial charge in [-0.3, -0.25) is 9.63 Å². The monoisotopic (exact) mass is 289 g/mol. The Hall–Kier alpha value is -2.11. The molecule has 0 saturated carbocycles. The molecule has 0 fully saturated rings. The summed E-state index contributed by atoms with van der Waals surface area (Å²) in [6.07, 6.45) is -0.692. The molecule has 0 saturated heterocycles. The molecule has 2 rings (SSSR count). The molecule has 1 heterocycles. The zero-order chi connectivity index (χ0) is 15.4. The number of carbonyl (C=O) groups excluding carboxylic acids is 1. The standard InChI is InChI=1S/C16H19NO4/c1-11-5-10-14(21-11)12-6-8-13(9-7-12)15(19-3)16(18)17(2)20-4/h5-10,15H,1-4H3. The Labute approximate surface area is 124 Å². The number of hydroxylamine groups is 2. The molecule has 0 aliphatic heterocycles. The molecular formula is C16H19NO4. The third-order valence-electron chi connectivity index (χ3n) is 3.28. The summed E-state index contributed by atoms with van der Waals surface area (Å²) in [6, 6.07) is 11.3. The Bertz CT molecular complexity index is 603. The first kappa shape index (κ1) is 15.3. The average molecular weight is 289 g/mol. The van der Waals surface area contributed by atoms with E-state index in [4.69, 9.17) is 14.0 Å². The summed E-state index contributed by atoms with van der Waals surface area (Å²) in [7, 11) is 4.48. The number of likely N-dealkylation sites (N-methyl/N-ethyl adjacent to an activating group) is 1.